The Kier molecular flexibility index (Phi) is 3.64. The van der Waals surface area contributed by atoms with Crippen LogP contribution >= 0.6 is 27.5 Å². The van der Waals surface area contributed by atoms with Gasteiger partial charge in [-0.3, -0.25) is 0 Å². The fourth-order valence-electron chi connectivity index (χ4n) is 2.15. The van der Waals surface area contributed by atoms with E-state index in [-0.39, 0.29) is 0 Å². The van der Waals surface area contributed by atoms with E-state index in [0.717, 1.165) is 32.8 Å². The normalized spacial score (nSPS) is 10.8. The van der Waals surface area contributed by atoms with Gasteiger partial charge in [-0.2, -0.15) is 0 Å². The molecular weight excluding hydrogens is 336 g/mol. The summed E-state index contributed by atoms with van der Waals surface area (Å²) >= 11 is 9.60. The maximum atomic E-state index is 6.03. The first-order chi connectivity index (χ1) is 9.65. The van der Waals surface area contributed by atoms with E-state index >= 15 is 0 Å². The summed E-state index contributed by atoms with van der Waals surface area (Å²) in [6.07, 6.45) is 0. The first-order valence-corrected chi connectivity index (χ1v) is 7.39. The van der Waals surface area contributed by atoms with Gasteiger partial charge in [0, 0.05) is 26.3 Å². The highest BCUT2D eigenvalue weighted by atomic mass is 79.9. The summed E-state index contributed by atoms with van der Waals surface area (Å²) in [5.41, 5.74) is 4.05. The minimum atomic E-state index is 0.707. The van der Waals surface area contributed by atoms with Gasteiger partial charge in [-0.05, 0) is 25.1 Å². The molecule has 0 aliphatic carbocycles. The number of imidazole rings is 1. The van der Waals surface area contributed by atoms with Crippen molar-refractivity contribution in [1.29, 1.82) is 0 Å². The van der Waals surface area contributed by atoms with Crippen LogP contribution in [0.15, 0.2) is 53.0 Å². The van der Waals surface area contributed by atoms with Crippen LogP contribution in [0.4, 0.5) is 0 Å². The molecule has 0 saturated carbocycles. The molecule has 0 aliphatic rings. The minimum absolute atomic E-state index is 0.707. The quantitative estimate of drug-likeness (QED) is 0.654. The number of halogens is 2. The molecule has 0 atom stereocenters. The standard InChI is InChI=1S/C16H12BrClN2/c1-10-15(13-7-2-3-8-14(13)17)20-16(19-10)11-5-4-6-12(18)9-11/h2-9H,1H3,(H,19,20). The molecular formula is C16H12BrClN2. The SMILES string of the molecule is Cc1[nH]c(-c2cccc(Cl)c2)nc1-c1ccccc1Br. The first kappa shape index (κ1) is 13.4. The molecule has 2 nitrogen and oxygen atoms in total. The predicted octanol–water partition coefficient (Wildman–Crippen LogP) is 5.47. The maximum Gasteiger partial charge on any atom is 0.138 e. The number of hydrogen-bond donors (Lipinski definition) is 1. The maximum absolute atomic E-state index is 6.03. The van der Waals surface area contributed by atoms with Crippen molar-refractivity contribution in [3.05, 3.63) is 63.7 Å². The molecule has 0 saturated heterocycles. The Bertz CT molecular complexity index is 765. The molecule has 0 aliphatic heterocycles. The van der Waals surface area contributed by atoms with Crippen molar-refractivity contribution in [3.8, 4) is 22.6 Å². The van der Waals surface area contributed by atoms with Crippen LogP contribution in [0.5, 0.6) is 0 Å². The number of hydrogen-bond acceptors (Lipinski definition) is 1. The Morgan fingerprint density at radius 2 is 1.90 bits per heavy atom. The molecule has 3 rings (SSSR count). The van der Waals surface area contributed by atoms with Crippen LogP contribution in [0.2, 0.25) is 5.02 Å². The third-order valence-corrected chi connectivity index (χ3v) is 4.04. The number of aromatic nitrogens is 2. The van der Waals surface area contributed by atoms with Gasteiger partial charge < -0.3 is 4.98 Å². The lowest BCUT2D eigenvalue weighted by molar-refractivity contribution is 1.26. The van der Waals surface area contributed by atoms with Crippen LogP contribution in [0.1, 0.15) is 5.69 Å². The molecule has 1 aromatic heterocycles. The van der Waals surface area contributed by atoms with Crippen molar-refractivity contribution in [2.24, 2.45) is 0 Å². The van der Waals surface area contributed by atoms with Gasteiger partial charge in [0.25, 0.3) is 0 Å². The third kappa shape index (κ3) is 2.51. The lowest BCUT2D eigenvalue weighted by Gasteiger charge is -2.01. The van der Waals surface area contributed by atoms with E-state index < -0.39 is 0 Å². The van der Waals surface area contributed by atoms with E-state index in [1.54, 1.807) is 0 Å². The number of H-pyrrole nitrogens is 1. The topological polar surface area (TPSA) is 28.7 Å². The van der Waals surface area contributed by atoms with Crippen molar-refractivity contribution < 1.29 is 0 Å². The highest BCUT2D eigenvalue weighted by Gasteiger charge is 2.12. The van der Waals surface area contributed by atoms with E-state index in [1.165, 1.54) is 0 Å². The fourth-order valence-corrected chi connectivity index (χ4v) is 2.81. The molecule has 100 valence electrons. The van der Waals surface area contributed by atoms with Crippen molar-refractivity contribution in [2.75, 3.05) is 0 Å². The summed E-state index contributed by atoms with van der Waals surface area (Å²) in [6.45, 7) is 2.02. The van der Waals surface area contributed by atoms with E-state index in [9.17, 15) is 0 Å². The van der Waals surface area contributed by atoms with Crippen LogP contribution in [0.25, 0.3) is 22.6 Å². The smallest absolute Gasteiger partial charge is 0.138 e. The summed E-state index contributed by atoms with van der Waals surface area (Å²) in [5, 5.41) is 0.707. The molecule has 0 fully saturated rings. The monoisotopic (exact) mass is 346 g/mol. The molecule has 20 heavy (non-hydrogen) atoms. The summed E-state index contributed by atoms with van der Waals surface area (Å²) in [4.78, 5) is 8.03. The highest BCUT2D eigenvalue weighted by molar-refractivity contribution is 9.10. The minimum Gasteiger partial charge on any atom is -0.342 e. The summed E-state index contributed by atoms with van der Waals surface area (Å²) in [6, 6.07) is 15.7. The number of aromatic amines is 1. The average Bonchev–Trinajstić information content (AvgIpc) is 2.81. The van der Waals surface area contributed by atoms with E-state index in [2.05, 4.69) is 27.0 Å². The molecule has 0 radical (unpaired) electrons. The molecule has 1 N–H and O–H groups in total. The molecule has 0 spiro atoms. The Labute approximate surface area is 131 Å². The Morgan fingerprint density at radius 3 is 2.65 bits per heavy atom. The van der Waals surface area contributed by atoms with Gasteiger partial charge in [-0.15, -0.1) is 0 Å². The van der Waals surface area contributed by atoms with Gasteiger partial charge in [0.15, 0.2) is 0 Å². The summed E-state index contributed by atoms with van der Waals surface area (Å²) in [5.74, 6) is 0.829. The number of benzene rings is 2. The highest BCUT2D eigenvalue weighted by Crippen LogP contribution is 2.31. The van der Waals surface area contributed by atoms with Crippen LogP contribution in [-0.2, 0) is 0 Å². The zero-order valence-electron chi connectivity index (χ0n) is 10.8. The lowest BCUT2D eigenvalue weighted by atomic mass is 10.1. The second kappa shape index (κ2) is 5.43. The van der Waals surface area contributed by atoms with Gasteiger partial charge >= 0.3 is 0 Å². The Balaban J connectivity index is 2.10. The lowest BCUT2D eigenvalue weighted by Crippen LogP contribution is -1.83. The molecule has 0 bridgehead atoms. The summed E-state index contributed by atoms with van der Waals surface area (Å²) < 4.78 is 1.03. The number of nitrogens with one attached hydrogen (secondary N) is 1. The van der Waals surface area contributed by atoms with E-state index in [1.807, 2.05) is 49.4 Å². The van der Waals surface area contributed by atoms with E-state index in [4.69, 9.17) is 16.6 Å². The fraction of sp³-hybridized carbons (Fsp3) is 0.0625. The van der Waals surface area contributed by atoms with Crippen molar-refractivity contribution in [3.63, 3.8) is 0 Å². The van der Waals surface area contributed by atoms with Gasteiger partial charge in [-0.25, -0.2) is 4.98 Å². The molecule has 3 aromatic rings. The largest absolute Gasteiger partial charge is 0.342 e. The second-order valence-electron chi connectivity index (χ2n) is 4.55. The molecule has 0 amide bonds. The van der Waals surface area contributed by atoms with Gasteiger partial charge in [0.2, 0.25) is 0 Å². The number of nitrogens with zero attached hydrogens (tertiary/aromatic N) is 1. The van der Waals surface area contributed by atoms with Gasteiger partial charge in [0.05, 0.1) is 5.69 Å². The summed E-state index contributed by atoms with van der Waals surface area (Å²) in [7, 11) is 0. The van der Waals surface area contributed by atoms with Crippen molar-refractivity contribution >= 4 is 27.5 Å². The second-order valence-corrected chi connectivity index (χ2v) is 5.84. The van der Waals surface area contributed by atoms with Crippen LogP contribution < -0.4 is 0 Å². The Morgan fingerprint density at radius 1 is 1.10 bits per heavy atom. The zero-order valence-corrected chi connectivity index (χ0v) is 13.2. The van der Waals surface area contributed by atoms with Crippen LogP contribution in [0, 0.1) is 6.92 Å². The predicted molar refractivity (Wildman–Crippen MR) is 86.9 cm³/mol. The Hall–Kier alpha value is -1.58. The van der Waals surface area contributed by atoms with Crippen LogP contribution in [-0.4, -0.2) is 9.97 Å². The van der Waals surface area contributed by atoms with Crippen LogP contribution in [0.3, 0.4) is 0 Å². The van der Waals surface area contributed by atoms with Gasteiger partial charge in [0.1, 0.15) is 5.82 Å². The average molecular weight is 348 g/mol. The molecule has 2 aromatic carbocycles. The van der Waals surface area contributed by atoms with E-state index in [0.29, 0.717) is 5.02 Å². The third-order valence-electron chi connectivity index (χ3n) is 3.11. The zero-order chi connectivity index (χ0) is 14.1. The number of rotatable bonds is 2. The molecule has 1 heterocycles. The van der Waals surface area contributed by atoms with Crippen molar-refractivity contribution in [2.45, 2.75) is 6.92 Å². The molecule has 0 unspecified atom stereocenters. The first-order valence-electron chi connectivity index (χ1n) is 6.22. The van der Waals surface area contributed by atoms with Crippen molar-refractivity contribution in [1.82, 2.24) is 9.97 Å². The van der Waals surface area contributed by atoms with Gasteiger partial charge in [-0.1, -0.05) is 57.9 Å². The molecule has 4 heteroatoms. The number of aryl methyl sites for hydroxylation is 1.